The minimum absolute atomic E-state index is 0.101. The van der Waals surface area contributed by atoms with Crippen LogP contribution in [0.5, 0.6) is 5.75 Å². The van der Waals surface area contributed by atoms with E-state index in [4.69, 9.17) is 9.47 Å². The second-order valence-electron chi connectivity index (χ2n) is 9.19. The summed E-state index contributed by atoms with van der Waals surface area (Å²) in [5, 5.41) is 8.09. The monoisotopic (exact) mass is 491 g/mol. The Kier molecular flexibility index (Phi) is 5.40. The Labute approximate surface area is 205 Å². The molecule has 3 heterocycles. The molecule has 0 spiro atoms. The van der Waals surface area contributed by atoms with Crippen LogP contribution in [0.15, 0.2) is 55.0 Å². The van der Waals surface area contributed by atoms with E-state index in [2.05, 4.69) is 20.4 Å². The van der Waals surface area contributed by atoms with Crippen LogP contribution in [-0.2, 0) is 16.1 Å². The van der Waals surface area contributed by atoms with E-state index in [9.17, 15) is 13.6 Å². The molecule has 184 valence electrons. The lowest BCUT2D eigenvalue weighted by molar-refractivity contribution is -0.121. The number of methoxy groups -OCH3 is 1. The van der Waals surface area contributed by atoms with Gasteiger partial charge in [-0.3, -0.25) is 9.48 Å². The molecule has 1 saturated heterocycles. The second-order valence-corrected chi connectivity index (χ2v) is 9.19. The van der Waals surface area contributed by atoms with Gasteiger partial charge < -0.3 is 14.8 Å². The summed E-state index contributed by atoms with van der Waals surface area (Å²) in [5.74, 6) is 0.609. The van der Waals surface area contributed by atoms with Gasteiger partial charge in [-0.25, -0.2) is 18.7 Å². The number of aromatic nitrogens is 4. The van der Waals surface area contributed by atoms with Crippen molar-refractivity contribution in [3.63, 3.8) is 0 Å². The molecule has 2 unspecified atom stereocenters. The molecular weight excluding hydrogens is 468 g/mol. The third-order valence-corrected chi connectivity index (χ3v) is 6.96. The predicted octanol–water partition coefficient (Wildman–Crippen LogP) is 4.41. The van der Waals surface area contributed by atoms with Crippen molar-refractivity contribution in [1.82, 2.24) is 19.7 Å². The molecule has 6 rings (SSSR count). The quantitative estimate of drug-likeness (QED) is 0.412. The van der Waals surface area contributed by atoms with Crippen LogP contribution in [0.3, 0.4) is 0 Å². The van der Waals surface area contributed by atoms with E-state index in [1.807, 2.05) is 30.3 Å². The largest absolute Gasteiger partial charge is 0.494 e. The molecule has 2 fully saturated rings. The Morgan fingerprint density at radius 3 is 2.78 bits per heavy atom. The van der Waals surface area contributed by atoms with Crippen molar-refractivity contribution < 1.29 is 23.0 Å². The number of nitrogens with zero attached hydrogens (tertiary/aromatic N) is 4. The summed E-state index contributed by atoms with van der Waals surface area (Å²) in [6.07, 6.45) is 1.24. The number of amides is 1. The van der Waals surface area contributed by atoms with Gasteiger partial charge in [0.25, 0.3) is 6.43 Å². The summed E-state index contributed by atoms with van der Waals surface area (Å²) in [4.78, 5) is 22.0. The van der Waals surface area contributed by atoms with E-state index in [0.717, 1.165) is 12.0 Å². The van der Waals surface area contributed by atoms with Crippen LogP contribution in [0.25, 0.3) is 33.4 Å². The highest BCUT2D eigenvalue weighted by molar-refractivity contribution is 6.04. The van der Waals surface area contributed by atoms with E-state index in [1.165, 1.54) is 18.1 Å². The minimum atomic E-state index is -2.56. The van der Waals surface area contributed by atoms with Crippen molar-refractivity contribution in [2.45, 2.75) is 19.4 Å². The van der Waals surface area contributed by atoms with E-state index in [1.54, 1.807) is 18.3 Å². The van der Waals surface area contributed by atoms with Gasteiger partial charge in [0.1, 0.15) is 24.3 Å². The highest BCUT2D eigenvalue weighted by Crippen LogP contribution is 2.57. The smallest absolute Gasteiger partial charge is 0.257 e. The number of rotatable bonds is 7. The first-order chi connectivity index (χ1) is 17.5. The molecule has 0 radical (unpaired) electrons. The van der Waals surface area contributed by atoms with Gasteiger partial charge in [-0.1, -0.05) is 30.3 Å². The Morgan fingerprint density at radius 1 is 1.25 bits per heavy atom. The molecule has 4 aromatic rings. The Hall–Kier alpha value is -3.92. The summed E-state index contributed by atoms with van der Waals surface area (Å²) in [7, 11) is 1.53. The number of ether oxygens (including phenoxy) is 2. The fraction of sp³-hybridized carbons (Fsp3) is 0.308. The molecule has 1 aliphatic heterocycles. The fourth-order valence-electron chi connectivity index (χ4n) is 4.95. The lowest BCUT2D eigenvalue weighted by atomic mass is 10.0. The number of carbonyl (C=O) groups is 1. The lowest BCUT2D eigenvalue weighted by Crippen LogP contribution is -2.27. The number of hydrogen-bond donors (Lipinski definition) is 1. The zero-order valence-electron chi connectivity index (χ0n) is 19.4. The van der Waals surface area contributed by atoms with Crippen LogP contribution in [0.1, 0.15) is 6.42 Å². The van der Waals surface area contributed by atoms with Crippen LogP contribution in [0, 0.1) is 11.3 Å². The highest BCUT2D eigenvalue weighted by atomic mass is 19.3. The first-order valence-corrected chi connectivity index (χ1v) is 11.6. The number of carbonyl (C=O) groups excluding carboxylic acids is 1. The number of fused-ring (bicyclic) bond motifs is 2. The average molecular weight is 491 g/mol. The summed E-state index contributed by atoms with van der Waals surface area (Å²) >= 11 is 0. The number of halogens is 2. The number of alkyl halides is 2. The predicted molar refractivity (Wildman–Crippen MR) is 129 cm³/mol. The number of nitrogens with one attached hydrogen (secondary N) is 1. The van der Waals surface area contributed by atoms with Crippen molar-refractivity contribution in [3.05, 3.63) is 55.0 Å². The molecule has 36 heavy (non-hydrogen) atoms. The third-order valence-electron chi connectivity index (χ3n) is 6.96. The minimum Gasteiger partial charge on any atom is -0.494 e. The maximum Gasteiger partial charge on any atom is 0.257 e. The van der Waals surface area contributed by atoms with E-state index in [0.29, 0.717) is 52.5 Å². The number of hydrogen-bond acceptors (Lipinski definition) is 6. The van der Waals surface area contributed by atoms with Gasteiger partial charge in [-0.2, -0.15) is 5.10 Å². The molecule has 0 bridgehead atoms. The molecule has 2 aliphatic rings. The van der Waals surface area contributed by atoms with Gasteiger partial charge in [-0.05, 0) is 12.5 Å². The number of benzene rings is 2. The zero-order chi connectivity index (χ0) is 24.9. The summed E-state index contributed by atoms with van der Waals surface area (Å²) in [6.45, 7) is 0.478. The first kappa shape index (κ1) is 22.5. The van der Waals surface area contributed by atoms with Crippen molar-refractivity contribution in [3.8, 4) is 28.3 Å². The zero-order valence-corrected chi connectivity index (χ0v) is 19.4. The summed E-state index contributed by atoms with van der Waals surface area (Å²) in [5.41, 5.74) is 2.99. The summed E-state index contributed by atoms with van der Waals surface area (Å²) < 4.78 is 38.6. The average Bonchev–Trinajstić information content (AvgIpc) is 3.21. The van der Waals surface area contributed by atoms with Gasteiger partial charge in [-0.15, -0.1) is 0 Å². The highest BCUT2D eigenvalue weighted by Gasteiger charge is 2.63. The molecule has 2 aromatic carbocycles. The SMILES string of the molecule is COc1cc2ncnc(-c3cn(CC(F)F)nc3-c3ccccc3)c2cc1NC(=O)C12COCC1C2. The van der Waals surface area contributed by atoms with Crippen molar-refractivity contribution in [2.75, 3.05) is 25.6 Å². The Morgan fingerprint density at radius 2 is 2.08 bits per heavy atom. The van der Waals surface area contributed by atoms with Crippen molar-refractivity contribution >= 4 is 22.5 Å². The van der Waals surface area contributed by atoms with Crippen LogP contribution in [0.4, 0.5) is 14.5 Å². The van der Waals surface area contributed by atoms with Crippen molar-refractivity contribution in [2.24, 2.45) is 11.3 Å². The molecule has 1 N–H and O–H groups in total. The normalized spacial score (nSPS) is 20.5. The molecule has 2 aromatic heterocycles. The first-order valence-electron chi connectivity index (χ1n) is 11.6. The van der Waals surface area contributed by atoms with Crippen molar-refractivity contribution in [1.29, 1.82) is 0 Å². The van der Waals surface area contributed by atoms with E-state index in [-0.39, 0.29) is 11.8 Å². The molecule has 1 amide bonds. The third kappa shape index (κ3) is 3.78. The van der Waals surface area contributed by atoms with Crippen LogP contribution in [0.2, 0.25) is 0 Å². The van der Waals surface area contributed by atoms with Gasteiger partial charge >= 0.3 is 0 Å². The van der Waals surface area contributed by atoms with Gasteiger partial charge in [0.05, 0.1) is 42.6 Å². The molecular formula is C26H23F2N5O3. The Balaban J connectivity index is 1.47. The fourth-order valence-corrected chi connectivity index (χ4v) is 4.95. The topological polar surface area (TPSA) is 91.2 Å². The summed E-state index contributed by atoms with van der Waals surface area (Å²) in [6, 6.07) is 12.8. The maximum absolute atomic E-state index is 13.2. The standard InChI is InChI=1S/C26H23F2N5O3/c1-35-21-8-19-17(7-20(21)31-25(34)26-9-16(26)12-36-13-26)24(30-14-29-19)18-10-33(11-22(27)28)32-23(18)15-5-3-2-4-6-15/h2-8,10,14,16,22H,9,11-13H2,1H3,(H,31,34). The van der Waals surface area contributed by atoms with E-state index < -0.39 is 18.4 Å². The Bertz CT molecular complexity index is 1460. The number of anilines is 1. The van der Waals surface area contributed by atoms with Gasteiger partial charge in [0.2, 0.25) is 5.91 Å². The molecule has 10 heteroatoms. The second kappa shape index (κ2) is 8.63. The molecule has 2 atom stereocenters. The molecule has 1 saturated carbocycles. The lowest BCUT2D eigenvalue weighted by Gasteiger charge is -2.16. The van der Waals surface area contributed by atoms with Gasteiger partial charge in [0, 0.05) is 34.7 Å². The van der Waals surface area contributed by atoms with Crippen LogP contribution < -0.4 is 10.1 Å². The molecule has 1 aliphatic carbocycles. The van der Waals surface area contributed by atoms with Gasteiger partial charge in [0.15, 0.2) is 0 Å². The molecule has 8 nitrogen and oxygen atoms in total. The van der Waals surface area contributed by atoms with Crippen LogP contribution in [-0.4, -0.2) is 52.4 Å². The maximum atomic E-state index is 13.2. The van der Waals surface area contributed by atoms with E-state index >= 15 is 0 Å². The van der Waals surface area contributed by atoms with Crippen LogP contribution >= 0.6 is 0 Å².